The third-order valence-electron chi connectivity index (χ3n) is 2.99. The molecule has 0 bridgehead atoms. The normalized spacial score (nSPS) is 16.1. The SMILES string of the molecule is Cn1nc2ncc(CN)cc2c1C1CC1. The van der Waals surface area contributed by atoms with Gasteiger partial charge in [0.1, 0.15) is 0 Å². The van der Waals surface area contributed by atoms with Gasteiger partial charge in [-0.15, -0.1) is 0 Å². The fourth-order valence-electron chi connectivity index (χ4n) is 2.09. The molecule has 1 fully saturated rings. The third-order valence-corrected chi connectivity index (χ3v) is 2.99. The topological polar surface area (TPSA) is 56.7 Å². The van der Waals surface area contributed by atoms with Gasteiger partial charge in [0, 0.05) is 31.1 Å². The summed E-state index contributed by atoms with van der Waals surface area (Å²) in [5.74, 6) is 0.690. The molecule has 2 aromatic heterocycles. The first-order valence-corrected chi connectivity index (χ1v) is 5.31. The van der Waals surface area contributed by atoms with Crippen LogP contribution in [-0.2, 0) is 13.6 Å². The number of aryl methyl sites for hydroxylation is 1. The van der Waals surface area contributed by atoms with Crippen LogP contribution >= 0.6 is 0 Å². The zero-order chi connectivity index (χ0) is 10.4. The number of pyridine rings is 1. The Kier molecular flexibility index (Phi) is 1.79. The Bertz CT molecular complexity index is 511. The highest BCUT2D eigenvalue weighted by Gasteiger charge is 2.29. The fraction of sp³-hybridized carbons (Fsp3) is 0.455. The van der Waals surface area contributed by atoms with E-state index in [0.717, 1.165) is 11.2 Å². The van der Waals surface area contributed by atoms with Gasteiger partial charge in [-0.2, -0.15) is 5.10 Å². The van der Waals surface area contributed by atoms with Crippen LogP contribution < -0.4 is 5.73 Å². The van der Waals surface area contributed by atoms with E-state index < -0.39 is 0 Å². The molecule has 4 nitrogen and oxygen atoms in total. The van der Waals surface area contributed by atoms with Crippen LogP contribution in [-0.4, -0.2) is 14.8 Å². The van der Waals surface area contributed by atoms with Gasteiger partial charge in [0.15, 0.2) is 5.65 Å². The van der Waals surface area contributed by atoms with Crippen molar-refractivity contribution < 1.29 is 0 Å². The number of fused-ring (bicyclic) bond motifs is 1. The van der Waals surface area contributed by atoms with Crippen LogP contribution in [0.2, 0.25) is 0 Å². The van der Waals surface area contributed by atoms with E-state index in [-0.39, 0.29) is 0 Å². The molecule has 0 saturated heterocycles. The Labute approximate surface area is 88.1 Å². The average molecular weight is 202 g/mol. The van der Waals surface area contributed by atoms with Gasteiger partial charge in [0.2, 0.25) is 0 Å². The summed E-state index contributed by atoms with van der Waals surface area (Å²) in [7, 11) is 2.00. The summed E-state index contributed by atoms with van der Waals surface area (Å²) in [5, 5.41) is 5.60. The predicted octanol–water partition coefficient (Wildman–Crippen LogP) is 1.30. The van der Waals surface area contributed by atoms with Gasteiger partial charge in [-0.3, -0.25) is 4.68 Å². The Morgan fingerprint density at radius 3 is 3.00 bits per heavy atom. The first kappa shape index (κ1) is 8.85. The van der Waals surface area contributed by atoms with Crippen LogP contribution in [0.3, 0.4) is 0 Å². The van der Waals surface area contributed by atoms with Crippen molar-refractivity contribution in [1.29, 1.82) is 0 Å². The van der Waals surface area contributed by atoms with Crippen LogP contribution in [0.15, 0.2) is 12.3 Å². The van der Waals surface area contributed by atoms with Crippen molar-refractivity contribution in [2.45, 2.75) is 25.3 Å². The molecule has 15 heavy (non-hydrogen) atoms. The summed E-state index contributed by atoms with van der Waals surface area (Å²) in [6.07, 6.45) is 4.37. The molecule has 0 aromatic carbocycles. The second kappa shape index (κ2) is 3.03. The molecular weight excluding hydrogens is 188 g/mol. The molecule has 78 valence electrons. The molecular formula is C11H14N4. The van der Waals surface area contributed by atoms with Gasteiger partial charge in [0.05, 0.1) is 5.69 Å². The maximum Gasteiger partial charge on any atom is 0.181 e. The quantitative estimate of drug-likeness (QED) is 0.798. The summed E-state index contributed by atoms with van der Waals surface area (Å²) in [6, 6.07) is 2.13. The monoisotopic (exact) mass is 202 g/mol. The maximum atomic E-state index is 5.62. The van der Waals surface area contributed by atoms with E-state index in [0.29, 0.717) is 12.5 Å². The first-order valence-electron chi connectivity index (χ1n) is 5.31. The largest absolute Gasteiger partial charge is 0.326 e. The summed E-state index contributed by atoms with van der Waals surface area (Å²) < 4.78 is 1.97. The van der Waals surface area contributed by atoms with Gasteiger partial charge in [-0.05, 0) is 24.5 Å². The lowest BCUT2D eigenvalue weighted by Crippen LogP contribution is -1.97. The molecule has 0 spiro atoms. The summed E-state index contributed by atoms with van der Waals surface area (Å²) >= 11 is 0. The molecule has 1 aliphatic carbocycles. The average Bonchev–Trinajstić information content (AvgIpc) is 3.00. The number of hydrogen-bond donors (Lipinski definition) is 1. The molecule has 0 aliphatic heterocycles. The molecule has 2 heterocycles. The minimum atomic E-state index is 0.544. The lowest BCUT2D eigenvalue weighted by atomic mass is 10.1. The number of nitrogens with zero attached hydrogens (tertiary/aromatic N) is 3. The van der Waals surface area contributed by atoms with E-state index in [1.165, 1.54) is 23.9 Å². The second-order valence-electron chi connectivity index (χ2n) is 4.20. The minimum Gasteiger partial charge on any atom is -0.326 e. The van der Waals surface area contributed by atoms with E-state index in [1.807, 2.05) is 17.9 Å². The van der Waals surface area contributed by atoms with Gasteiger partial charge in [0.25, 0.3) is 0 Å². The van der Waals surface area contributed by atoms with Crippen molar-refractivity contribution in [3.63, 3.8) is 0 Å². The lowest BCUT2D eigenvalue weighted by molar-refractivity contribution is 0.721. The van der Waals surface area contributed by atoms with Crippen molar-refractivity contribution in [2.24, 2.45) is 12.8 Å². The number of rotatable bonds is 2. The van der Waals surface area contributed by atoms with E-state index in [1.54, 1.807) is 0 Å². The Balaban J connectivity index is 2.26. The van der Waals surface area contributed by atoms with Crippen molar-refractivity contribution in [1.82, 2.24) is 14.8 Å². The first-order chi connectivity index (χ1) is 7.29. The van der Waals surface area contributed by atoms with E-state index in [2.05, 4.69) is 16.1 Å². The molecule has 3 rings (SSSR count). The van der Waals surface area contributed by atoms with Gasteiger partial charge in [-0.1, -0.05) is 0 Å². The third kappa shape index (κ3) is 1.33. The molecule has 2 N–H and O–H groups in total. The highest BCUT2D eigenvalue weighted by molar-refractivity contribution is 5.79. The van der Waals surface area contributed by atoms with Crippen molar-refractivity contribution in [3.05, 3.63) is 23.5 Å². The van der Waals surface area contributed by atoms with Gasteiger partial charge < -0.3 is 5.73 Å². The number of hydrogen-bond acceptors (Lipinski definition) is 3. The van der Waals surface area contributed by atoms with Gasteiger partial charge >= 0.3 is 0 Å². The lowest BCUT2D eigenvalue weighted by Gasteiger charge is -1.99. The van der Waals surface area contributed by atoms with Crippen molar-refractivity contribution in [3.8, 4) is 0 Å². The zero-order valence-electron chi connectivity index (χ0n) is 8.77. The Morgan fingerprint density at radius 1 is 1.53 bits per heavy atom. The molecule has 0 atom stereocenters. The van der Waals surface area contributed by atoms with E-state index in [9.17, 15) is 0 Å². The molecule has 2 aromatic rings. The molecule has 0 amide bonds. The second-order valence-corrected chi connectivity index (χ2v) is 4.20. The van der Waals surface area contributed by atoms with E-state index >= 15 is 0 Å². The molecule has 0 radical (unpaired) electrons. The molecule has 1 saturated carbocycles. The summed E-state index contributed by atoms with van der Waals surface area (Å²) in [5.41, 5.74) is 8.87. The van der Waals surface area contributed by atoms with Crippen LogP contribution in [0.4, 0.5) is 0 Å². The van der Waals surface area contributed by atoms with Gasteiger partial charge in [-0.25, -0.2) is 4.98 Å². The summed E-state index contributed by atoms with van der Waals surface area (Å²) in [6.45, 7) is 0.544. The molecule has 4 heteroatoms. The summed E-state index contributed by atoms with van der Waals surface area (Å²) in [4.78, 5) is 4.33. The Morgan fingerprint density at radius 2 is 2.33 bits per heavy atom. The Hall–Kier alpha value is -1.42. The van der Waals surface area contributed by atoms with Crippen LogP contribution in [0.25, 0.3) is 11.0 Å². The van der Waals surface area contributed by atoms with Crippen molar-refractivity contribution >= 4 is 11.0 Å². The highest BCUT2D eigenvalue weighted by atomic mass is 15.3. The standard InChI is InChI=1S/C11H14N4/c1-15-10(8-2-3-8)9-4-7(5-12)6-13-11(9)14-15/h4,6,8H,2-3,5,12H2,1H3. The predicted molar refractivity (Wildman–Crippen MR) is 58.4 cm³/mol. The van der Waals surface area contributed by atoms with Crippen molar-refractivity contribution in [2.75, 3.05) is 0 Å². The smallest absolute Gasteiger partial charge is 0.181 e. The zero-order valence-corrected chi connectivity index (χ0v) is 8.77. The van der Waals surface area contributed by atoms with Crippen LogP contribution in [0.1, 0.15) is 30.0 Å². The number of aromatic nitrogens is 3. The highest BCUT2D eigenvalue weighted by Crippen LogP contribution is 2.42. The molecule has 1 aliphatic rings. The van der Waals surface area contributed by atoms with E-state index in [4.69, 9.17) is 5.73 Å². The fourth-order valence-corrected chi connectivity index (χ4v) is 2.09. The number of nitrogens with two attached hydrogens (primary N) is 1. The minimum absolute atomic E-state index is 0.544. The van der Waals surface area contributed by atoms with Crippen LogP contribution in [0.5, 0.6) is 0 Å². The maximum absolute atomic E-state index is 5.62. The van der Waals surface area contributed by atoms with Crippen LogP contribution in [0, 0.1) is 0 Å². The molecule has 0 unspecified atom stereocenters.